The summed E-state index contributed by atoms with van der Waals surface area (Å²) >= 11 is 0. The third-order valence-corrected chi connectivity index (χ3v) is 2.31. The number of hydrogen-bond donors (Lipinski definition) is 2. The second-order valence-corrected chi connectivity index (χ2v) is 3.34. The van der Waals surface area contributed by atoms with Crippen LogP contribution in [-0.4, -0.2) is 13.2 Å². The Balaban J connectivity index is 2.22. The van der Waals surface area contributed by atoms with Crippen LogP contribution in [0, 0.1) is 0 Å². The van der Waals surface area contributed by atoms with E-state index in [0.29, 0.717) is 6.54 Å². The molecule has 1 aromatic carbocycles. The van der Waals surface area contributed by atoms with Crippen molar-refractivity contribution in [3.63, 3.8) is 0 Å². The molecule has 0 saturated carbocycles. The lowest BCUT2D eigenvalue weighted by molar-refractivity contribution is 0.721. The van der Waals surface area contributed by atoms with Crippen molar-refractivity contribution in [1.29, 1.82) is 0 Å². The van der Waals surface area contributed by atoms with Gasteiger partial charge in [0.2, 0.25) is 0 Å². The van der Waals surface area contributed by atoms with Gasteiger partial charge in [0.05, 0.1) is 6.67 Å². The van der Waals surface area contributed by atoms with Gasteiger partial charge < -0.3 is 10.6 Å². The molecule has 0 fully saturated rings. The molecular weight excluding hydrogens is 175 g/mol. The molecule has 1 aliphatic heterocycles. The number of nitrogens with two attached hydrogens (primary N) is 1. The van der Waals surface area contributed by atoms with E-state index in [2.05, 4.69) is 34.6 Å². The van der Waals surface area contributed by atoms with Crippen molar-refractivity contribution in [3.8, 4) is 0 Å². The molecule has 3 N–H and O–H groups in total. The third kappa shape index (κ3) is 1.95. The van der Waals surface area contributed by atoms with Crippen LogP contribution < -0.4 is 16.0 Å². The van der Waals surface area contributed by atoms with Gasteiger partial charge >= 0.3 is 0 Å². The van der Waals surface area contributed by atoms with E-state index >= 15 is 0 Å². The highest BCUT2D eigenvalue weighted by Gasteiger charge is 2.05. The van der Waals surface area contributed by atoms with E-state index in [9.17, 15) is 0 Å². The fourth-order valence-electron chi connectivity index (χ4n) is 1.54. The molecule has 2 rings (SSSR count). The Kier molecular flexibility index (Phi) is 2.81. The molecule has 0 amide bonds. The van der Waals surface area contributed by atoms with Crippen molar-refractivity contribution in [1.82, 2.24) is 5.32 Å². The second-order valence-electron chi connectivity index (χ2n) is 3.34. The lowest BCUT2D eigenvalue weighted by Crippen LogP contribution is -2.34. The summed E-state index contributed by atoms with van der Waals surface area (Å²) in [5.74, 6) is 0. The van der Waals surface area contributed by atoms with Crippen LogP contribution in [0.5, 0.6) is 0 Å². The summed E-state index contributed by atoms with van der Waals surface area (Å²) in [4.78, 5) is 2.17. The monoisotopic (exact) mass is 190 g/mol. The molecule has 1 aromatic rings. The van der Waals surface area contributed by atoms with Gasteiger partial charge in [0, 0.05) is 25.0 Å². The van der Waals surface area contributed by atoms with Crippen molar-refractivity contribution in [2.24, 2.45) is 5.73 Å². The van der Waals surface area contributed by atoms with E-state index in [1.807, 2.05) is 12.1 Å². The zero-order valence-corrected chi connectivity index (χ0v) is 8.11. The number of benzene rings is 1. The molecule has 1 aliphatic rings. The first kappa shape index (κ1) is 9.24. The topological polar surface area (TPSA) is 41.3 Å². The number of rotatable bonds is 2. The van der Waals surface area contributed by atoms with E-state index in [0.717, 1.165) is 13.2 Å². The fraction of sp³-hybridized carbons (Fsp3) is 0.273. The zero-order valence-electron chi connectivity index (χ0n) is 8.11. The Bertz CT molecular complexity index is 333. The smallest absolute Gasteiger partial charge is 0.0728 e. The molecule has 14 heavy (non-hydrogen) atoms. The van der Waals surface area contributed by atoms with E-state index in [-0.39, 0.29) is 0 Å². The molecule has 0 atom stereocenters. The third-order valence-electron chi connectivity index (χ3n) is 2.31. The van der Waals surface area contributed by atoms with Crippen molar-refractivity contribution in [2.75, 3.05) is 18.1 Å². The van der Waals surface area contributed by atoms with Crippen LogP contribution in [0.25, 0.3) is 0 Å². The van der Waals surface area contributed by atoms with Gasteiger partial charge in [0.1, 0.15) is 0 Å². The Morgan fingerprint density at radius 1 is 1.43 bits per heavy atom. The van der Waals surface area contributed by atoms with Crippen LogP contribution in [0.3, 0.4) is 0 Å². The predicted molar refractivity (Wildman–Crippen MR) is 58.8 cm³/mol. The molecule has 0 unspecified atom stereocenters. The van der Waals surface area contributed by atoms with Crippen molar-refractivity contribution in [3.05, 3.63) is 42.1 Å². The number of anilines is 1. The molecule has 0 spiro atoms. The molecule has 74 valence electrons. The highest BCUT2D eigenvalue weighted by Crippen LogP contribution is 2.16. The molecule has 0 aromatic heterocycles. The van der Waals surface area contributed by atoms with Crippen LogP contribution in [-0.2, 0) is 6.54 Å². The van der Waals surface area contributed by atoms with Gasteiger partial charge in [-0.05, 0) is 17.7 Å². The molecule has 1 heterocycles. The Morgan fingerprint density at radius 2 is 2.36 bits per heavy atom. The normalized spacial score (nSPS) is 15.9. The van der Waals surface area contributed by atoms with Crippen LogP contribution in [0.1, 0.15) is 5.56 Å². The minimum atomic E-state index is 0.596. The summed E-state index contributed by atoms with van der Waals surface area (Å²) in [5.41, 5.74) is 7.96. The van der Waals surface area contributed by atoms with Gasteiger partial charge in [-0.3, -0.25) is 5.32 Å². The lowest BCUT2D eigenvalue weighted by Gasteiger charge is -2.24. The number of nitrogens with zero attached hydrogens (tertiary/aromatic N) is 1. The first-order valence-corrected chi connectivity index (χ1v) is 4.83. The second kappa shape index (κ2) is 4.26. The van der Waals surface area contributed by atoms with Gasteiger partial charge in [-0.2, -0.15) is 0 Å². The standard InChI is InChI=1S/C11H15N3/c12-8-10-3-1-4-11(7-10)14-6-2-5-13-9-14/h1-4,6-7,13H,5,8-9,12H2/i9+1. The molecule has 3 nitrogen and oxygen atoms in total. The maximum absolute atomic E-state index is 5.60. The molecule has 0 radical (unpaired) electrons. The van der Waals surface area contributed by atoms with Crippen molar-refractivity contribution < 1.29 is 0 Å². The summed E-state index contributed by atoms with van der Waals surface area (Å²) in [5, 5.41) is 3.28. The summed E-state index contributed by atoms with van der Waals surface area (Å²) in [6, 6.07) is 8.30. The quantitative estimate of drug-likeness (QED) is 0.684. The molecule has 0 bridgehead atoms. The SMILES string of the molecule is NCc1cccc(N2C=CCN[13CH2]2)c1. The van der Waals surface area contributed by atoms with E-state index in [4.69, 9.17) is 5.73 Å². The molecular formula is C11H15N3. The first-order chi connectivity index (χ1) is 6.90. The summed E-state index contributed by atoms with van der Waals surface area (Å²) < 4.78 is 0. The maximum atomic E-state index is 5.60. The highest BCUT2D eigenvalue weighted by atomic mass is 15.4. The predicted octanol–water partition coefficient (Wildman–Crippen LogP) is 1.03. The largest absolute Gasteiger partial charge is 0.335 e. The average Bonchev–Trinajstić information content (AvgIpc) is 2.30. The molecule has 0 aliphatic carbocycles. The highest BCUT2D eigenvalue weighted by molar-refractivity contribution is 5.51. The van der Waals surface area contributed by atoms with Gasteiger partial charge in [-0.15, -0.1) is 0 Å². The summed E-state index contributed by atoms with van der Waals surface area (Å²) in [6.07, 6.45) is 4.21. The minimum absolute atomic E-state index is 0.596. The van der Waals surface area contributed by atoms with E-state index in [1.54, 1.807) is 0 Å². The van der Waals surface area contributed by atoms with Crippen LogP contribution >= 0.6 is 0 Å². The maximum Gasteiger partial charge on any atom is 0.0728 e. The van der Waals surface area contributed by atoms with Crippen molar-refractivity contribution >= 4 is 5.69 Å². The minimum Gasteiger partial charge on any atom is -0.335 e. The van der Waals surface area contributed by atoms with Crippen molar-refractivity contribution in [2.45, 2.75) is 6.54 Å². The summed E-state index contributed by atoms with van der Waals surface area (Å²) in [7, 11) is 0. The van der Waals surface area contributed by atoms with Gasteiger partial charge in [0.15, 0.2) is 0 Å². The van der Waals surface area contributed by atoms with E-state index < -0.39 is 0 Å². The summed E-state index contributed by atoms with van der Waals surface area (Å²) in [6.45, 7) is 2.41. The van der Waals surface area contributed by atoms with Gasteiger partial charge in [-0.1, -0.05) is 18.2 Å². The number of hydrogen-bond acceptors (Lipinski definition) is 3. The van der Waals surface area contributed by atoms with Gasteiger partial charge in [0.25, 0.3) is 0 Å². The number of nitrogens with one attached hydrogen (secondary N) is 1. The Hall–Kier alpha value is -1.32. The molecule has 3 heteroatoms. The Morgan fingerprint density at radius 3 is 3.07 bits per heavy atom. The van der Waals surface area contributed by atoms with Crippen LogP contribution in [0.2, 0.25) is 0 Å². The lowest BCUT2D eigenvalue weighted by atomic mass is 10.2. The first-order valence-electron chi connectivity index (χ1n) is 4.83. The average molecular weight is 190 g/mol. The van der Waals surface area contributed by atoms with E-state index in [1.165, 1.54) is 11.3 Å². The van der Waals surface area contributed by atoms with Crippen LogP contribution in [0.15, 0.2) is 36.5 Å². The van der Waals surface area contributed by atoms with Gasteiger partial charge in [-0.25, -0.2) is 0 Å². The Labute approximate surface area is 84.2 Å². The fourth-order valence-corrected chi connectivity index (χ4v) is 1.54. The zero-order chi connectivity index (χ0) is 9.80. The van der Waals surface area contributed by atoms with Crippen LogP contribution in [0.4, 0.5) is 5.69 Å². The molecule has 0 saturated heterocycles.